The van der Waals surface area contributed by atoms with Crippen LogP contribution in [0.15, 0.2) is 48.7 Å². The molecule has 0 aliphatic carbocycles. The number of hydrogen-bond acceptors (Lipinski definition) is 5. The SMILES string of the molecule is O=C(Nc1ccc(-c2cnc(C3(O)CCN(C(=O)O)C3)s2)cc1)Nc1cc(C(F)(F)F)ccc1F. The highest BCUT2D eigenvalue weighted by molar-refractivity contribution is 7.15. The molecule has 4 N–H and O–H groups in total. The van der Waals surface area contributed by atoms with E-state index in [2.05, 4.69) is 15.6 Å². The third-order valence-electron chi connectivity index (χ3n) is 5.39. The smallest absolute Gasteiger partial charge is 0.416 e. The van der Waals surface area contributed by atoms with Gasteiger partial charge in [-0.3, -0.25) is 0 Å². The zero-order chi connectivity index (χ0) is 25.4. The van der Waals surface area contributed by atoms with Gasteiger partial charge in [-0.2, -0.15) is 13.2 Å². The van der Waals surface area contributed by atoms with Gasteiger partial charge in [0.1, 0.15) is 16.4 Å². The summed E-state index contributed by atoms with van der Waals surface area (Å²) in [4.78, 5) is 29.4. The van der Waals surface area contributed by atoms with Crippen LogP contribution in [0, 0.1) is 5.82 Å². The number of halogens is 4. The van der Waals surface area contributed by atoms with Crippen LogP contribution in [0.25, 0.3) is 10.4 Å². The number of carbonyl (C=O) groups is 2. The minimum atomic E-state index is -4.68. The number of aliphatic hydroxyl groups is 1. The van der Waals surface area contributed by atoms with E-state index in [1.165, 1.54) is 23.5 Å². The van der Waals surface area contributed by atoms with Crippen molar-refractivity contribution in [2.24, 2.45) is 0 Å². The molecule has 0 radical (unpaired) electrons. The fourth-order valence-electron chi connectivity index (χ4n) is 3.55. The first-order valence-electron chi connectivity index (χ1n) is 10.2. The third kappa shape index (κ3) is 5.35. The average Bonchev–Trinajstić information content (AvgIpc) is 3.43. The van der Waals surface area contributed by atoms with Gasteiger partial charge >= 0.3 is 18.3 Å². The lowest BCUT2D eigenvalue weighted by molar-refractivity contribution is -0.137. The van der Waals surface area contributed by atoms with Crippen LogP contribution in [0.5, 0.6) is 0 Å². The Kier molecular flexibility index (Phi) is 6.38. The molecule has 3 amide bonds. The highest BCUT2D eigenvalue weighted by Gasteiger charge is 2.42. The van der Waals surface area contributed by atoms with Crippen molar-refractivity contribution in [2.45, 2.75) is 18.2 Å². The lowest BCUT2D eigenvalue weighted by Gasteiger charge is -2.19. The van der Waals surface area contributed by atoms with E-state index in [1.54, 1.807) is 18.3 Å². The van der Waals surface area contributed by atoms with E-state index in [1.807, 2.05) is 0 Å². The van der Waals surface area contributed by atoms with Crippen molar-refractivity contribution in [3.8, 4) is 10.4 Å². The van der Waals surface area contributed by atoms with Gasteiger partial charge < -0.3 is 25.7 Å². The Morgan fingerprint density at radius 2 is 1.83 bits per heavy atom. The molecule has 35 heavy (non-hydrogen) atoms. The van der Waals surface area contributed by atoms with Gasteiger partial charge in [0.25, 0.3) is 0 Å². The van der Waals surface area contributed by atoms with E-state index < -0.39 is 41.0 Å². The molecule has 13 heteroatoms. The number of hydrogen-bond donors (Lipinski definition) is 4. The molecule has 1 aromatic heterocycles. The van der Waals surface area contributed by atoms with Gasteiger partial charge in [0.05, 0.1) is 22.7 Å². The maximum Gasteiger partial charge on any atom is 0.416 e. The molecule has 0 bridgehead atoms. The number of rotatable bonds is 4. The second kappa shape index (κ2) is 9.15. The Labute approximate surface area is 199 Å². The molecule has 1 aliphatic heterocycles. The highest BCUT2D eigenvalue weighted by Crippen LogP contribution is 2.38. The van der Waals surface area contributed by atoms with Crippen molar-refractivity contribution in [1.29, 1.82) is 0 Å². The molecule has 184 valence electrons. The van der Waals surface area contributed by atoms with E-state index in [0.717, 1.165) is 4.90 Å². The number of nitrogens with zero attached hydrogens (tertiary/aromatic N) is 2. The number of β-amino-alcohol motifs (C(OH)–C–C–N with tert-alkyl or cyclic N) is 1. The largest absolute Gasteiger partial charge is 0.465 e. The maximum atomic E-state index is 13.8. The average molecular weight is 510 g/mol. The van der Waals surface area contributed by atoms with Gasteiger partial charge in [0, 0.05) is 24.8 Å². The molecule has 1 unspecified atom stereocenters. The molecule has 4 rings (SSSR count). The number of carboxylic acid groups (broad SMARTS) is 1. The summed E-state index contributed by atoms with van der Waals surface area (Å²) in [6.45, 7) is 0.132. The van der Waals surface area contributed by atoms with Gasteiger partial charge in [0.15, 0.2) is 0 Å². The summed E-state index contributed by atoms with van der Waals surface area (Å²) in [7, 11) is 0. The zero-order valence-electron chi connectivity index (χ0n) is 17.8. The van der Waals surface area contributed by atoms with Gasteiger partial charge in [-0.25, -0.2) is 19.0 Å². The minimum absolute atomic E-state index is 0.0697. The van der Waals surface area contributed by atoms with E-state index in [4.69, 9.17) is 5.11 Å². The van der Waals surface area contributed by atoms with Crippen LogP contribution < -0.4 is 10.6 Å². The topological polar surface area (TPSA) is 115 Å². The van der Waals surface area contributed by atoms with Crippen LogP contribution in [0.2, 0.25) is 0 Å². The first-order chi connectivity index (χ1) is 16.4. The zero-order valence-corrected chi connectivity index (χ0v) is 18.6. The van der Waals surface area contributed by atoms with Crippen molar-refractivity contribution >= 4 is 34.8 Å². The Bertz CT molecular complexity index is 1270. The normalized spacial score (nSPS) is 17.9. The number of anilines is 2. The van der Waals surface area contributed by atoms with Crippen molar-refractivity contribution in [2.75, 3.05) is 23.7 Å². The number of benzene rings is 2. The standard InChI is InChI=1S/C22H18F4N4O4S/c23-15-6-3-13(22(24,25)26)9-16(15)29-19(31)28-14-4-1-12(2-5-14)17-10-27-18(35-17)21(34)7-8-30(11-21)20(32)33/h1-6,9-10,34H,7-8,11H2,(H,32,33)(H2,28,29,31). The number of urea groups is 1. The first kappa shape index (κ1) is 24.4. The molecule has 0 spiro atoms. The summed E-state index contributed by atoms with van der Waals surface area (Å²) < 4.78 is 52.3. The Hall–Kier alpha value is -3.71. The van der Waals surface area contributed by atoms with Crippen LogP contribution in [0.3, 0.4) is 0 Å². The summed E-state index contributed by atoms with van der Waals surface area (Å²) >= 11 is 1.21. The number of nitrogens with one attached hydrogen (secondary N) is 2. The van der Waals surface area contributed by atoms with Crippen LogP contribution in [0.1, 0.15) is 17.0 Å². The Morgan fingerprint density at radius 3 is 2.46 bits per heavy atom. The van der Waals surface area contributed by atoms with Crippen molar-refractivity contribution in [3.05, 3.63) is 65.0 Å². The third-order valence-corrected chi connectivity index (χ3v) is 6.63. The van der Waals surface area contributed by atoms with Gasteiger partial charge in [0.2, 0.25) is 0 Å². The van der Waals surface area contributed by atoms with Gasteiger partial charge in [-0.1, -0.05) is 12.1 Å². The summed E-state index contributed by atoms with van der Waals surface area (Å²) in [5.41, 5.74) is -2.06. The molecule has 3 aromatic rings. The number of likely N-dealkylation sites (tertiary alicyclic amines) is 1. The van der Waals surface area contributed by atoms with Crippen LogP contribution >= 0.6 is 11.3 Å². The maximum absolute atomic E-state index is 13.8. The molecule has 1 fully saturated rings. The second-order valence-corrected chi connectivity index (χ2v) is 8.89. The van der Waals surface area contributed by atoms with Crippen molar-refractivity contribution in [3.63, 3.8) is 0 Å². The predicted octanol–water partition coefficient (Wildman–Crippen LogP) is 5.18. The van der Waals surface area contributed by atoms with Crippen molar-refractivity contribution < 1.29 is 37.4 Å². The Balaban J connectivity index is 1.41. The van der Waals surface area contributed by atoms with Crippen LogP contribution in [-0.4, -0.2) is 45.3 Å². The van der Waals surface area contributed by atoms with Crippen LogP contribution in [-0.2, 0) is 11.8 Å². The van der Waals surface area contributed by atoms with E-state index in [0.29, 0.717) is 39.3 Å². The molecule has 2 heterocycles. The van der Waals surface area contributed by atoms with Gasteiger partial charge in [-0.15, -0.1) is 11.3 Å². The summed E-state index contributed by atoms with van der Waals surface area (Å²) in [5.74, 6) is -1.01. The summed E-state index contributed by atoms with van der Waals surface area (Å²) in [5, 5.41) is 24.8. The lowest BCUT2D eigenvalue weighted by Crippen LogP contribution is -2.33. The monoisotopic (exact) mass is 510 g/mol. The fraction of sp³-hybridized carbons (Fsp3) is 0.227. The fourth-order valence-corrected chi connectivity index (χ4v) is 4.58. The quantitative estimate of drug-likeness (QED) is 0.361. The summed E-state index contributed by atoms with van der Waals surface area (Å²) in [6, 6.07) is 7.16. The molecule has 8 nitrogen and oxygen atoms in total. The van der Waals surface area contributed by atoms with Gasteiger partial charge in [-0.05, 0) is 35.9 Å². The van der Waals surface area contributed by atoms with E-state index in [-0.39, 0.29) is 19.5 Å². The molecule has 0 saturated carbocycles. The van der Waals surface area contributed by atoms with E-state index >= 15 is 0 Å². The van der Waals surface area contributed by atoms with E-state index in [9.17, 15) is 32.3 Å². The molecule has 1 aliphatic rings. The number of alkyl halides is 3. The van der Waals surface area contributed by atoms with Crippen LogP contribution in [0.4, 0.5) is 38.5 Å². The number of thiazole rings is 1. The molecular formula is C22H18F4N4O4S. The molecule has 1 atom stereocenters. The van der Waals surface area contributed by atoms with Crippen molar-refractivity contribution in [1.82, 2.24) is 9.88 Å². The number of aromatic nitrogens is 1. The first-order valence-corrected chi connectivity index (χ1v) is 11.0. The highest BCUT2D eigenvalue weighted by atomic mass is 32.1. The lowest BCUT2D eigenvalue weighted by atomic mass is 10.1. The summed E-state index contributed by atoms with van der Waals surface area (Å²) in [6.07, 6.45) is -4.01. The number of amides is 3. The number of carbonyl (C=O) groups excluding carboxylic acids is 1. The molecule has 2 aromatic carbocycles. The molecular weight excluding hydrogens is 492 g/mol. The second-order valence-electron chi connectivity index (χ2n) is 7.86. The molecule has 1 saturated heterocycles. The minimum Gasteiger partial charge on any atom is -0.465 e. The predicted molar refractivity (Wildman–Crippen MR) is 120 cm³/mol. The Morgan fingerprint density at radius 1 is 1.11 bits per heavy atom.